The summed E-state index contributed by atoms with van der Waals surface area (Å²) >= 11 is 1.49. The van der Waals surface area contributed by atoms with Crippen molar-refractivity contribution in [3.05, 3.63) is 21.4 Å². The third-order valence-electron chi connectivity index (χ3n) is 3.88. The van der Waals surface area contributed by atoms with E-state index in [0.29, 0.717) is 24.4 Å². The molecule has 1 aliphatic heterocycles. The first-order valence-corrected chi connectivity index (χ1v) is 7.25. The quantitative estimate of drug-likeness (QED) is 0.906. The van der Waals surface area contributed by atoms with Gasteiger partial charge in [-0.2, -0.15) is 0 Å². The third kappa shape index (κ3) is 2.66. The fourth-order valence-electron chi connectivity index (χ4n) is 2.42. The van der Waals surface area contributed by atoms with E-state index in [2.05, 4.69) is 0 Å². The van der Waals surface area contributed by atoms with Gasteiger partial charge in [-0.1, -0.05) is 0 Å². The summed E-state index contributed by atoms with van der Waals surface area (Å²) in [6.45, 7) is 6.66. The van der Waals surface area contributed by atoms with Gasteiger partial charge in [0.05, 0.1) is 10.3 Å². The summed E-state index contributed by atoms with van der Waals surface area (Å²) in [5, 5.41) is 9.28. The Morgan fingerprint density at radius 2 is 2.11 bits per heavy atom. The minimum absolute atomic E-state index is 0.0339. The van der Waals surface area contributed by atoms with E-state index in [-0.39, 0.29) is 5.91 Å². The molecule has 0 aromatic carbocycles. The number of amides is 1. The van der Waals surface area contributed by atoms with Crippen LogP contribution in [0.1, 0.15) is 39.9 Å². The molecular weight excluding hydrogens is 262 g/mol. The predicted molar refractivity (Wildman–Crippen MR) is 74.7 cm³/mol. The molecule has 4 nitrogen and oxygen atoms in total. The molecule has 104 valence electrons. The van der Waals surface area contributed by atoms with E-state index in [4.69, 9.17) is 0 Å². The van der Waals surface area contributed by atoms with Crippen LogP contribution in [-0.4, -0.2) is 35.0 Å². The molecule has 2 rings (SSSR count). The maximum atomic E-state index is 12.4. The van der Waals surface area contributed by atoms with Crippen molar-refractivity contribution in [3.63, 3.8) is 0 Å². The molecule has 1 aromatic heterocycles. The number of hydrogen-bond acceptors (Lipinski definition) is 3. The molecule has 2 heterocycles. The minimum atomic E-state index is -0.816. The van der Waals surface area contributed by atoms with Gasteiger partial charge in [-0.05, 0) is 45.2 Å². The van der Waals surface area contributed by atoms with Crippen molar-refractivity contribution in [2.45, 2.75) is 33.6 Å². The Labute approximate surface area is 117 Å². The molecule has 1 fully saturated rings. The second-order valence-corrected chi connectivity index (χ2v) is 6.80. The van der Waals surface area contributed by atoms with Crippen molar-refractivity contribution >= 4 is 23.2 Å². The summed E-state index contributed by atoms with van der Waals surface area (Å²) in [5.41, 5.74) is 0.307. The van der Waals surface area contributed by atoms with Gasteiger partial charge in [0, 0.05) is 18.0 Å². The molecule has 0 radical (unpaired) electrons. The average molecular weight is 281 g/mol. The Hall–Kier alpha value is -1.36. The van der Waals surface area contributed by atoms with Crippen molar-refractivity contribution in [2.24, 2.45) is 5.41 Å². The molecule has 0 spiro atoms. The predicted octanol–water partition coefficient (Wildman–Crippen LogP) is 2.69. The summed E-state index contributed by atoms with van der Waals surface area (Å²) in [5.74, 6) is -0.850. The number of nitrogens with zero attached hydrogens (tertiary/aromatic N) is 1. The molecule has 0 saturated carbocycles. The second-order valence-electron chi connectivity index (χ2n) is 5.55. The molecule has 1 amide bonds. The van der Waals surface area contributed by atoms with Crippen LogP contribution in [0.4, 0.5) is 0 Å². The van der Waals surface area contributed by atoms with Crippen LogP contribution in [0.2, 0.25) is 0 Å². The number of likely N-dealkylation sites (tertiary alicyclic amines) is 1. The zero-order chi connectivity index (χ0) is 14.2. The summed E-state index contributed by atoms with van der Waals surface area (Å²) in [7, 11) is 0. The summed E-state index contributed by atoms with van der Waals surface area (Å²) in [4.78, 5) is 27.3. The number of carbonyl (C=O) groups is 2. The van der Waals surface area contributed by atoms with Gasteiger partial charge in [-0.15, -0.1) is 11.3 Å². The van der Waals surface area contributed by atoms with Crippen LogP contribution in [-0.2, 0) is 4.79 Å². The van der Waals surface area contributed by atoms with Crippen LogP contribution in [0, 0.1) is 19.3 Å². The lowest BCUT2D eigenvalue weighted by atomic mass is 9.82. The second kappa shape index (κ2) is 4.96. The highest BCUT2D eigenvalue weighted by Crippen LogP contribution is 2.31. The smallest absolute Gasteiger partial charge is 0.311 e. The third-order valence-corrected chi connectivity index (χ3v) is 5.02. The number of aliphatic carboxylic acids is 1. The molecular formula is C14H19NO3S. The van der Waals surface area contributed by atoms with Crippen LogP contribution < -0.4 is 0 Å². The van der Waals surface area contributed by atoms with E-state index in [1.165, 1.54) is 11.3 Å². The normalized spacial score (nSPS) is 23.4. The zero-order valence-corrected chi connectivity index (χ0v) is 12.3. The summed E-state index contributed by atoms with van der Waals surface area (Å²) < 4.78 is 0. The highest BCUT2D eigenvalue weighted by atomic mass is 32.1. The molecule has 0 bridgehead atoms. The van der Waals surface area contributed by atoms with Crippen LogP contribution in [0.3, 0.4) is 0 Å². The fourth-order valence-corrected chi connectivity index (χ4v) is 3.42. The van der Waals surface area contributed by atoms with Gasteiger partial charge in [-0.25, -0.2) is 0 Å². The van der Waals surface area contributed by atoms with Gasteiger partial charge in [0.1, 0.15) is 0 Å². The number of carboxylic acids is 1. The van der Waals surface area contributed by atoms with Gasteiger partial charge in [-0.3, -0.25) is 9.59 Å². The van der Waals surface area contributed by atoms with E-state index in [1.54, 1.807) is 11.8 Å². The standard InChI is InChI=1S/C14H19NO3S/c1-9-7-11(19-10(9)2)12(16)15-6-4-5-14(3,8-15)13(17)18/h7H,4-6,8H2,1-3H3,(H,17,18). The van der Waals surface area contributed by atoms with E-state index >= 15 is 0 Å². The first-order chi connectivity index (χ1) is 8.83. The van der Waals surface area contributed by atoms with Gasteiger partial charge in [0.25, 0.3) is 5.91 Å². The molecule has 1 unspecified atom stereocenters. The van der Waals surface area contributed by atoms with Gasteiger partial charge in [0.2, 0.25) is 0 Å². The maximum Gasteiger partial charge on any atom is 0.311 e. The van der Waals surface area contributed by atoms with Crippen LogP contribution in [0.15, 0.2) is 6.07 Å². The van der Waals surface area contributed by atoms with Gasteiger partial charge < -0.3 is 10.0 Å². The number of carboxylic acid groups (broad SMARTS) is 1. The molecule has 5 heteroatoms. The number of piperidine rings is 1. The number of carbonyl (C=O) groups excluding carboxylic acids is 1. The maximum absolute atomic E-state index is 12.4. The number of rotatable bonds is 2. The van der Waals surface area contributed by atoms with Crippen molar-refractivity contribution < 1.29 is 14.7 Å². The van der Waals surface area contributed by atoms with E-state index in [1.807, 2.05) is 19.9 Å². The van der Waals surface area contributed by atoms with Gasteiger partial charge in [0.15, 0.2) is 0 Å². The molecule has 1 saturated heterocycles. The minimum Gasteiger partial charge on any atom is -0.481 e. The van der Waals surface area contributed by atoms with Crippen molar-refractivity contribution in [3.8, 4) is 0 Å². The zero-order valence-electron chi connectivity index (χ0n) is 11.5. The summed E-state index contributed by atoms with van der Waals surface area (Å²) in [6.07, 6.45) is 1.38. The van der Waals surface area contributed by atoms with Crippen LogP contribution >= 0.6 is 11.3 Å². The molecule has 19 heavy (non-hydrogen) atoms. The Morgan fingerprint density at radius 1 is 1.42 bits per heavy atom. The Morgan fingerprint density at radius 3 is 2.63 bits per heavy atom. The lowest BCUT2D eigenvalue weighted by molar-refractivity contribution is -0.150. The highest BCUT2D eigenvalue weighted by Gasteiger charge is 2.39. The van der Waals surface area contributed by atoms with Crippen LogP contribution in [0.25, 0.3) is 0 Å². The number of thiophene rings is 1. The monoisotopic (exact) mass is 281 g/mol. The Kier molecular flexibility index (Phi) is 3.67. The van der Waals surface area contributed by atoms with Crippen molar-refractivity contribution in [1.82, 2.24) is 4.90 Å². The Bertz CT molecular complexity index is 503. The van der Waals surface area contributed by atoms with E-state index in [9.17, 15) is 14.7 Å². The van der Waals surface area contributed by atoms with Crippen molar-refractivity contribution in [2.75, 3.05) is 13.1 Å². The van der Waals surface area contributed by atoms with Crippen molar-refractivity contribution in [1.29, 1.82) is 0 Å². The number of hydrogen-bond donors (Lipinski definition) is 1. The number of aryl methyl sites for hydroxylation is 2. The Balaban J connectivity index is 2.18. The molecule has 0 aliphatic carbocycles. The largest absolute Gasteiger partial charge is 0.481 e. The van der Waals surface area contributed by atoms with E-state index < -0.39 is 11.4 Å². The fraction of sp³-hybridized carbons (Fsp3) is 0.571. The molecule has 1 atom stereocenters. The molecule has 1 aromatic rings. The topological polar surface area (TPSA) is 57.6 Å². The van der Waals surface area contributed by atoms with E-state index in [0.717, 1.165) is 16.9 Å². The van der Waals surface area contributed by atoms with Crippen LogP contribution in [0.5, 0.6) is 0 Å². The summed E-state index contributed by atoms with van der Waals surface area (Å²) in [6, 6.07) is 1.90. The lowest BCUT2D eigenvalue weighted by Crippen LogP contribution is -2.48. The first-order valence-electron chi connectivity index (χ1n) is 6.43. The highest BCUT2D eigenvalue weighted by molar-refractivity contribution is 7.14. The first kappa shape index (κ1) is 14.1. The van der Waals surface area contributed by atoms with Gasteiger partial charge >= 0.3 is 5.97 Å². The molecule has 1 N–H and O–H groups in total. The molecule has 1 aliphatic rings. The lowest BCUT2D eigenvalue weighted by Gasteiger charge is -2.37. The SMILES string of the molecule is Cc1cc(C(=O)N2CCCC(C)(C(=O)O)C2)sc1C. The average Bonchev–Trinajstić information content (AvgIpc) is 2.68.